The molecule has 0 aliphatic heterocycles. The molecule has 0 aromatic heterocycles. The number of benzene rings is 1. The molecule has 0 bridgehead atoms. The molecule has 1 aromatic rings. The first kappa shape index (κ1) is 6.45. The van der Waals surface area contributed by atoms with Gasteiger partial charge in [0.2, 0.25) is 0 Å². The van der Waals surface area contributed by atoms with Crippen molar-refractivity contribution in [2.75, 3.05) is 0 Å². The van der Waals surface area contributed by atoms with Crippen LogP contribution in [0.4, 0.5) is 0 Å². The van der Waals surface area contributed by atoms with E-state index < -0.39 is 0 Å². The Labute approximate surface area is 57.6 Å². The summed E-state index contributed by atoms with van der Waals surface area (Å²) in [6.45, 7) is 0. The zero-order valence-corrected chi connectivity index (χ0v) is 5.14. The Morgan fingerprint density at radius 3 is 2.60 bits per heavy atom. The average molecular weight is 135 g/mol. The zero-order valence-electron chi connectivity index (χ0n) is 5.14. The Morgan fingerprint density at radius 1 is 1.30 bits per heavy atom. The summed E-state index contributed by atoms with van der Waals surface area (Å²) in [6.07, 6.45) is 0. The van der Waals surface area contributed by atoms with Crippen LogP contribution in [0.1, 0.15) is 0 Å². The van der Waals surface area contributed by atoms with Crippen molar-refractivity contribution in [1.82, 2.24) is 0 Å². The molecule has 0 spiro atoms. The van der Waals surface area contributed by atoms with Crippen LogP contribution in [0.25, 0.3) is 10.4 Å². The minimum Gasteiger partial charge on any atom is -0.394 e. The number of azide groups is 1. The highest BCUT2D eigenvalue weighted by molar-refractivity contribution is 5.20. The summed E-state index contributed by atoms with van der Waals surface area (Å²) in [6, 6.07) is 8.84. The minimum atomic E-state index is 0.542. The van der Waals surface area contributed by atoms with Crippen LogP contribution in [-0.2, 0) is 0 Å². The fraction of sp³-hybridized carbons (Fsp3) is 0. The van der Waals surface area contributed by atoms with Gasteiger partial charge in [-0.05, 0) is 17.7 Å². The Bertz CT molecular complexity index is 240. The molecule has 0 saturated carbocycles. The first-order valence-corrected chi connectivity index (χ1v) is 2.70. The van der Waals surface area contributed by atoms with Gasteiger partial charge in [-0.3, -0.25) is 0 Å². The molecule has 0 radical (unpaired) electrons. The molecule has 1 rings (SSSR count). The third kappa shape index (κ3) is 1.69. The van der Waals surface area contributed by atoms with E-state index in [2.05, 4.69) is 15.0 Å². The summed E-state index contributed by atoms with van der Waals surface area (Å²) in [4.78, 5) is 7.00. The van der Waals surface area contributed by atoms with Crippen molar-refractivity contribution < 1.29 is 4.84 Å². The number of hydrogen-bond acceptors (Lipinski definition) is 2. The lowest BCUT2D eigenvalue weighted by atomic mass is 10.3. The molecule has 0 amide bonds. The van der Waals surface area contributed by atoms with Crippen LogP contribution in [-0.4, -0.2) is 0 Å². The van der Waals surface area contributed by atoms with E-state index in [0.717, 1.165) is 0 Å². The van der Waals surface area contributed by atoms with Gasteiger partial charge in [-0.1, -0.05) is 18.2 Å². The number of rotatable bonds is 2. The lowest BCUT2D eigenvalue weighted by molar-refractivity contribution is 0.333. The van der Waals surface area contributed by atoms with Crippen LogP contribution in [0, 0.1) is 0 Å². The Kier molecular flexibility index (Phi) is 2.18. The highest BCUT2D eigenvalue weighted by Crippen LogP contribution is 2.07. The van der Waals surface area contributed by atoms with Gasteiger partial charge in [0.1, 0.15) is 11.0 Å². The molecule has 10 heavy (non-hydrogen) atoms. The van der Waals surface area contributed by atoms with Gasteiger partial charge in [-0.15, -0.1) is 0 Å². The number of nitrogens with zero attached hydrogens (tertiary/aromatic N) is 3. The molecule has 0 atom stereocenters. The summed E-state index contributed by atoms with van der Waals surface area (Å²) in [5, 5.41) is 2.92. The lowest BCUT2D eigenvalue weighted by Gasteiger charge is -1.92. The summed E-state index contributed by atoms with van der Waals surface area (Å²) in [7, 11) is 0. The molecule has 0 N–H and O–H groups in total. The van der Waals surface area contributed by atoms with E-state index in [1.54, 1.807) is 24.3 Å². The smallest absolute Gasteiger partial charge is 0.136 e. The predicted molar refractivity (Wildman–Crippen MR) is 36.2 cm³/mol. The molecule has 4 nitrogen and oxygen atoms in total. The van der Waals surface area contributed by atoms with Crippen LogP contribution < -0.4 is 4.84 Å². The number of hydrogen-bond donors (Lipinski definition) is 0. The van der Waals surface area contributed by atoms with Gasteiger partial charge in [0.25, 0.3) is 0 Å². The minimum absolute atomic E-state index is 0.542. The molecule has 0 saturated heterocycles. The van der Waals surface area contributed by atoms with E-state index in [9.17, 15) is 0 Å². The van der Waals surface area contributed by atoms with Gasteiger partial charge in [-0.2, -0.15) is 0 Å². The van der Waals surface area contributed by atoms with Crippen LogP contribution in [0.3, 0.4) is 0 Å². The van der Waals surface area contributed by atoms with Crippen LogP contribution in [0.15, 0.2) is 35.6 Å². The molecular weight excluding hydrogens is 130 g/mol. The second kappa shape index (κ2) is 3.37. The van der Waals surface area contributed by atoms with Crippen molar-refractivity contribution in [1.29, 1.82) is 0 Å². The van der Waals surface area contributed by atoms with Crippen molar-refractivity contribution >= 4 is 0 Å². The third-order valence-electron chi connectivity index (χ3n) is 0.926. The highest BCUT2D eigenvalue weighted by atomic mass is 16.6. The highest BCUT2D eigenvalue weighted by Gasteiger charge is 1.84. The Balaban J connectivity index is 2.67. The van der Waals surface area contributed by atoms with Gasteiger partial charge in [0, 0.05) is 4.91 Å². The normalized spacial score (nSPS) is 8.00. The van der Waals surface area contributed by atoms with E-state index in [0.29, 0.717) is 5.75 Å². The van der Waals surface area contributed by atoms with Crippen LogP contribution >= 0.6 is 0 Å². The fourth-order valence-corrected chi connectivity index (χ4v) is 0.547. The van der Waals surface area contributed by atoms with Gasteiger partial charge in [-0.25, -0.2) is 0 Å². The second-order valence-electron chi connectivity index (χ2n) is 1.58. The van der Waals surface area contributed by atoms with Gasteiger partial charge in [0.15, 0.2) is 0 Å². The average Bonchev–Trinajstić information content (AvgIpc) is 2.03. The Hall–Kier alpha value is -1.67. The van der Waals surface area contributed by atoms with E-state index in [-0.39, 0.29) is 0 Å². The molecule has 0 unspecified atom stereocenters. The molecule has 0 heterocycles. The van der Waals surface area contributed by atoms with E-state index >= 15 is 0 Å². The molecule has 0 aliphatic rings. The topological polar surface area (TPSA) is 58.0 Å². The number of para-hydroxylation sites is 1. The monoisotopic (exact) mass is 135 g/mol. The van der Waals surface area contributed by atoms with Crippen molar-refractivity contribution in [2.24, 2.45) is 5.28 Å². The van der Waals surface area contributed by atoms with E-state index in [1.807, 2.05) is 6.07 Å². The zero-order chi connectivity index (χ0) is 7.23. The fourth-order valence-electron chi connectivity index (χ4n) is 0.547. The second-order valence-corrected chi connectivity index (χ2v) is 1.58. The van der Waals surface area contributed by atoms with Crippen molar-refractivity contribution in [3.63, 3.8) is 0 Å². The van der Waals surface area contributed by atoms with Crippen molar-refractivity contribution in [2.45, 2.75) is 0 Å². The maximum Gasteiger partial charge on any atom is 0.136 e. The summed E-state index contributed by atoms with van der Waals surface area (Å²) in [5.41, 5.74) is 7.86. The predicted octanol–water partition coefficient (Wildman–Crippen LogP) is 2.29. The molecule has 0 aliphatic carbocycles. The Morgan fingerprint density at radius 2 is 2.00 bits per heavy atom. The molecule has 4 heteroatoms. The first-order valence-electron chi connectivity index (χ1n) is 2.70. The first-order chi connectivity index (χ1) is 4.93. The third-order valence-corrected chi connectivity index (χ3v) is 0.926. The molecule has 0 fully saturated rings. The largest absolute Gasteiger partial charge is 0.394 e. The van der Waals surface area contributed by atoms with Crippen molar-refractivity contribution in [3.8, 4) is 5.75 Å². The maximum absolute atomic E-state index is 7.86. The molecular formula is C6H5N3O. The van der Waals surface area contributed by atoms with E-state index in [4.69, 9.17) is 5.53 Å². The molecule has 50 valence electrons. The summed E-state index contributed by atoms with van der Waals surface area (Å²) in [5.74, 6) is 0.542. The van der Waals surface area contributed by atoms with Crippen molar-refractivity contribution in [3.05, 3.63) is 40.8 Å². The summed E-state index contributed by atoms with van der Waals surface area (Å²) < 4.78 is 0. The molecule has 1 aromatic carbocycles. The standard InChI is InChI=1S/C6H5N3O/c7-8-9-10-6-4-2-1-3-5-6/h1-5H. The summed E-state index contributed by atoms with van der Waals surface area (Å²) >= 11 is 0. The van der Waals surface area contributed by atoms with Gasteiger partial charge in [0.05, 0.1) is 0 Å². The van der Waals surface area contributed by atoms with Gasteiger partial charge < -0.3 is 4.84 Å². The quantitative estimate of drug-likeness (QED) is 0.265. The van der Waals surface area contributed by atoms with E-state index in [1.165, 1.54) is 0 Å². The van der Waals surface area contributed by atoms with Gasteiger partial charge >= 0.3 is 0 Å². The lowest BCUT2D eigenvalue weighted by Crippen LogP contribution is -1.76. The SMILES string of the molecule is [N-]=[N+]=NOc1ccccc1. The maximum atomic E-state index is 7.86. The van der Waals surface area contributed by atoms with Crippen LogP contribution in [0.5, 0.6) is 5.75 Å². The van der Waals surface area contributed by atoms with Crippen LogP contribution in [0.2, 0.25) is 0 Å².